The fraction of sp³-hybridized carbons (Fsp3) is 0.0870. The van der Waals surface area contributed by atoms with Gasteiger partial charge in [-0.25, -0.2) is 10.2 Å². The number of halogens is 2. The average Bonchev–Trinajstić information content (AvgIpc) is 2.76. The van der Waals surface area contributed by atoms with E-state index in [1.165, 1.54) is 12.3 Å². The fourth-order valence-corrected chi connectivity index (χ4v) is 2.89. The largest absolute Gasteiger partial charge is 0.481 e. The second kappa shape index (κ2) is 10.7. The summed E-state index contributed by atoms with van der Waals surface area (Å²) in [5.41, 5.74) is 3.51. The Morgan fingerprint density at radius 1 is 1.03 bits per heavy atom. The van der Waals surface area contributed by atoms with Crippen LogP contribution in [0.15, 0.2) is 82.4 Å². The maximum absolute atomic E-state index is 12.1. The van der Waals surface area contributed by atoms with Crippen molar-refractivity contribution in [1.29, 1.82) is 0 Å². The minimum Gasteiger partial charge on any atom is -0.481 e. The van der Waals surface area contributed by atoms with Crippen LogP contribution in [0.25, 0.3) is 0 Å². The van der Waals surface area contributed by atoms with E-state index in [1.54, 1.807) is 61.5 Å². The predicted molar refractivity (Wildman–Crippen MR) is 123 cm³/mol. The number of rotatable bonds is 7. The Hall–Kier alpha value is -3.16. The van der Waals surface area contributed by atoms with Gasteiger partial charge >= 0.3 is 5.97 Å². The smallest absolute Gasteiger partial charge is 0.343 e. The van der Waals surface area contributed by atoms with Crippen LogP contribution in [0.3, 0.4) is 0 Å². The van der Waals surface area contributed by atoms with Gasteiger partial charge in [0, 0.05) is 9.50 Å². The number of nitrogens with zero attached hydrogens (tertiary/aromatic N) is 1. The van der Waals surface area contributed by atoms with Gasteiger partial charge in [0.1, 0.15) is 11.5 Å². The third-order valence-corrected chi connectivity index (χ3v) is 4.80. The van der Waals surface area contributed by atoms with Crippen LogP contribution in [0.2, 0.25) is 5.02 Å². The minimum atomic E-state index is -0.716. The van der Waals surface area contributed by atoms with Gasteiger partial charge in [0.05, 0.1) is 11.8 Å². The molecule has 0 aliphatic heterocycles. The molecule has 0 spiro atoms. The zero-order valence-electron chi connectivity index (χ0n) is 16.4. The van der Waals surface area contributed by atoms with Crippen molar-refractivity contribution < 1.29 is 19.1 Å². The summed E-state index contributed by atoms with van der Waals surface area (Å²) in [6.07, 6.45) is 0.763. The number of esters is 1. The first-order chi connectivity index (χ1) is 14.9. The van der Waals surface area contributed by atoms with Crippen molar-refractivity contribution in [3.05, 3.63) is 93.4 Å². The standard InChI is InChI=1S/C23H18BrClN2O4/c1-15(30-20-11-7-18(24)8-12-20)22(28)27-26-14-16-5-9-21(10-6-16)31-23(29)17-3-2-4-19(25)13-17/h2-15H,1H3,(H,27,28)/b26-14-/t15-/m0/s1. The van der Waals surface area contributed by atoms with Crippen molar-refractivity contribution in [3.63, 3.8) is 0 Å². The summed E-state index contributed by atoms with van der Waals surface area (Å²) in [6.45, 7) is 1.63. The van der Waals surface area contributed by atoms with Crippen molar-refractivity contribution in [2.24, 2.45) is 5.10 Å². The molecule has 1 atom stereocenters. The molecular weight excluding hydrogens is 484 g/mol. The molecule has 8 heteroatoms. The van der Waals surface area contributed by atoms with Gasteiger partial charge in [-0.3, -0.25) is 4.79 Å². The lowest BCUT2D eigenvalue weighted by molar-refractivity contribution is -0.127. The molecule has 3 rings (SSSR count). The first kappa shape index (κ1) is 22.5. The Morgan fingerprint density at radius 2 is 1.71 bits per heavy atom. The second-order valence-electron chi connectivity index (χ2n) is 6.42. The van der Waals surface area contributed by atoms with Crippen molar-refractivity contribution in [1.82, 2.24) is 5.43 Å². The van der Waals surface area contributed by atoms with E-state index in [0.29, 0.717) is 27.6 Å². The van der Waals surface area contributed by atoms with Crippen molar-refractivity contribution in [3.8, 4) is 11.5 Å². The number of carbonyl (C=O) groups is 2. The first-order valence-electron chi connectivity index (χ1n) is 9.23. The van der Waals surface area contributed by atoms with Gasteiger partial charge in [-0.2, -0.15) is 5.10 Å². The lowest BCUT2D eigenvalue weighted by Crippen LogP contribution is -2.33. The molecule has 0 bridgehead atoms. The molecule has 6 nitrogen and oxygen atoms in total. The molecule has 0 fully saturated rings. The molecule has 0 radical (unpaired) electrons. The predicted octanol–water partition coefficient (Wildman–Crippen LogP) is 5.24. The maximum atomic E-state index is 12.1. The summed E-state index contributed by atoms with van der Waals surface area (Å²) >= 11 is 9.23. The molecule has 3 aromatic carbocycles. The van der Waals surface area contributed by atoms with Crippen molar-refractivity contribution >= 4 is 45.6 Å². The van der Waals surface area contributed by atoms with E-state index in [-0.39, 0.29) is 5.91 Å². The Balaban J connectivity index is 1.50. The third-order valence-electron chi connectivity index (χ3n) is 4.04. The number of benzene rings is 3. The highest BCUT2D eigenvalue weighted by Crippen LogP contribution is 2.18. The molecular formula is C23H18BrClN2O4. The van der Waals surface area contributed by atoms with Crippen molar-refractivity contribution in [2.45, 2.75) is 13.0 Å². The van der Waals surface area contributed by atoms with Gasteiger partial charge in [0.25, 0.3) is 5.91 Å². The summed E-state index contributed by atoms with van der Waals surface area (Å²) < 4.78 is 11.8. The zero-order valence-corrected chi connectivity index (χ0v) is 18.8. The van der Waals surface area contributed by atoms with Crippen LogP contribution in [0, 0.1) is 0 Å². The van der Waals surface area contributed by atoms with Crippen LogP contribution in [0.5, 0.6) is 11.5 Å². The van der Waals surface area contributed by atoms with E-state index in [4.69, 9.17) is 21.1 Å². The van der Waals surface area contributed by atoms with Gasteiger partial charge in [0.15, 0.2) is 6.10 Å². The second-order valence-corrected chi connectivity index (χ2v) is 7.77. The van der Waals surface area contributed by atoms with Crippen LogP contribution >= 0.6 is 27.5 Å². The number of hydrazone groups is 1. The molecule has 158 valence electrons. The van der Waals surface area contributed by atoms with E-state index in [2.05, 4.69) is 26.5 Å². The topological polar surface area (TPSA) is 77.0 Å². The summed E-state index contributed by atoms with van der Waals surface area (Å²) in [7, 11) is 0. The number of carbonyl (C=O) groups excluding carboxylic acids is 2. The summed E-state index contributed by atoms with van der Waals surface area (Å²) in [5.74, 6) is 0.0719. The Labute approximate surface area is 193 Å². The summed E-state index contributed by atoms with van der Waals surface area (Å²) in [5, 5.41) is 4.39. The van der Waals surface area contributed by atoms with Gasteiger partial charge in [-0.15, -0.1) is 0 Å². The van der Waals surface area contributed by atoms with E-state index >= 15 is 0 Å². The lowest BCUT2D eigenvalue weighted by Gasteiger charge is -2.12. The fourth-order valence-electron chi connectivity index (χ4n) is 2.44. The van der Waals surface area contributed by atoms with E-state index in [0.717, 1.165) is 4.47 Å². The molecule has 0 unspecified atom stereocenters. The quantitative estimate of drug-likeness (QED) is 0.208. The Kier molecular flexibility index (Phi) is 7.81. The molecule has 1 amide bonds. The Morgan fingerprint density at radius 3 is 2.39 bits per heavy atom. The van der Waals surface area contributed by atoms with E-state index in [1.807, 2.05) is 12.1 Å². The molecule has 0 heterocycles. The number of hydrogen-bond donors (Lipinski definition) is 1. The van der Waals surface area contributed by atoms with Gasteiger partial charge in [0.2, 0.25) is 0 Å². The van der Waals surface area contributed by atoms with Crippen LogP contribution in [-0.2, 0) is 4.79 Å². The van der Waals surface area contributed by atoms with Crippen LogP contribution in [0.4, 0.5) is 0 Å². The molecule has 0 saturated heterocycles. The summed E-state index contributed by atoms with van der Waals surface area (Å²) in [4.78, 5) is 24.3. The highest BCUT2D eigenvalue weighted by atomic mass is 79.9. The molecule has 31 heavy (non-hydrogen) atoms. The number of hydrogen-bond acceptors (Lipinski definition) is 5. The SMILES string of the molecule is C[C@H](Oc1ccc(Br)cc1)C(=O)N/N=C\c1ccc(OC(=O)c2cccc(Cl)c2)cc1. The third kappa shape index (κ3) is 6.94. The molecule has 0 aliphatic carbocycles. The maximum Gasteiger partial charge on any atom is 0.343 e. The Bertz CT molecular complexity index is 1090. The van der Waals surface area contributed by atoms with E-state index < -0.39 is 12.1 Å². The number of amides is 1. The molecule has 3 aromatic rings. The normalized spacial score (nSPS) is 11.7. The zero-order chi connectivity index (χ0) is 22.2. The highest BCUT2D eigenvalue weighted by Gasteiger charge is 2.14. The number of ether oxygens (including phenoxy) is 2. The minimum absolute atomic E-state index is 0.361. The van der Waals surface area contributed by atoms with Gasteiger partial charge in [-0.05, 0) is 79.2 Å². The van der Waals surface area contributed by atoms with Crippen LogP contribution in [0.1, 0.15) is 22.8 Å². The van der Waals surface area contributed by atoms with Crippen LogP contribution in [-0.4, -0.2) is 24.2 Å². The molecule has 1 N–H and O–H groups in total. The summed E-state index contributed by atoms with van der Waals surface area (Å²) in [6, 6.07) is 20.4. The van der Waals surface area contributed by atoms with Crippen molar-refractivity contribution in [2.75, 3.05) is 0 Å². The molecule has 0 aliphatic rings. The highest BCUT2D eigenvalue weighted by molar-refractivity contribution is 9.10. The average molecular weight is 502 g/mol. The first-order valence-corrected chi connectivity index (χ1v) is 10.4. The molecule has 0 saturated carbocycles. The lowest BCUT2D eigenvalue weighted by atomic mass is 10.2. The van der Waals surface area contributed by atoms with E-state index in [9.17, 15) is 9.59 Å². The van der Waals surface area contributed by atoms with Gasteiger partial charge < -0.3 is 9.47 Å². The molecule has 0 aromatic heterocycles. The van der Waals surface area contributed by atoms with Crippen LogP contribution < -0.4 is 14.9 Å². The monoisotopic (exact) mass is 500 g/mol. The van der Waals surface area contributed by atoms with Gasteiger partial charge in [-0.1, -0.05) is 33.6 Å². The number of nitrogens with one attached hydrogen (secondary N) is 1.